The van der Waals surface area contributed by atoms with E-state index in [-0.39, 0.29) is 37.8 Å². The molecular weight excluding hydrogens is 534 g/mol. The van der Waals surface area contributed by atoms with Gasteiger partial charge in [-0.2, -0.15) is 4.98 Å². The molecule has 0 spiro atoms. The van der Waals surface area contributed by atoms with Gasteiger partial charge in [0.2, 0.25) is 11.9 Å². The van der Waals surface area contributed by atoms with Crippen LogP contribution in [0.25, 0.3) is 11.2 Å². The number of rotatable bonds is 22. The van der Waals surface area contributed by atoms with E-state index >= 15 is 0 Å². The molecule has 0 unspecified atom stereocenters. The lowest BCUT2D eigenvalue weighted by Crippen LogP contribution is -2.13. The highest BCUT2D eigenvalue weighted by Crippen LogP contribution is 2.31. The van der Waals surface area contributed by atoms with Crippen LogP contribution in [0.15, 0.2) is 10.2 Å². The average molecular weight is 582 g/mol. The fraction of sp³-hybridized carbons (Fsp3) is 0.750. The molecule has 2 heterocycles. The first kappa shape index (κ1) is 33.4. The van der Waals surface area contributed by atoms with E-state index in [1.165, 1.54) is 78.1 Å². The molecule has 0 aliphatic carbocycles. The van der Waals surface area contributed by atoms with E-state index in [2.05, 4.69) is 29.1 Å². The molecule has 0 radical (unpaired) electrons. The van der Waals surface area contributed by atoms with Gasteiger partial charge in [-0.1, -0.05) is 89.8 Å². The van der Waals surface area contributed by atoms with Crippen molar-refractivity contribution in [2.75, 3.05) is 30.0 Å². The Balaban J connectivity index is 2.19. The van der Waals surface area contributed by atoms with Crippen LogP contribution in [0, 0.1) is 0 Å². The van der Waals surface area contributed by atoms with Crippen molar-refractivity contribution >= 4 is 52.5 Å². The van der Waals surface area contributed by atoms with Gasteiger partial charge in [0.1, 0.15) is 23.9 Å². The summed E-state index contributed by atoms with van der Waals surface area (Å²) in [7, 11) is 0. The first-order chi connectivity index (χ1) is 19.0. The molecule has 0 atom stereocenters. The van der Waals surface area contributed by atoms with Gasteiger partial charge < -0.3 is 9.47 Å². The summed E-state index contributed by atoms with van der Waals surface area (Å²) >= 11 is 3.36. The molecule has 9 nitrogen and oxygen atoms in total. The average Bonchev–Trinajstić information content (AvgIpc) is 3.24. The molecule has 0 fully saturated rings. The number of carbonyl (C=O) groups is 2. The summed E-state index contributed by atoms with van der Waals surface area (Å²) in [6.07, 6.45) is 14.8. The minimum absolute atomic E-state index is 0.188. The van der Waals surface area contributed by atoms with Gasteiger partial charge in [-0.15, -0.1) is 11.8 Å². The van der Waals surface area contributed by atoms with Crippen LogP contribution in [-0.2, 0) is 25.8 Å². The molecule has 11 heteroatoms. The van der Waals surface area contributed by atoms with E-state index in [4.69, 9.17) is 14.5 Å². The summed E-state index contributed by atoms with van der Waals surface area (Å²) in [5.41, 5.74) is 1.37. The zero-order valence-corrected chi connectivity index (χ0v) is 25.9. The number of aromatic nitrogens is 4. The van der Waals surface area contributed by atoms with Crippen LogP contribution in [0.5, 0.6) is 0 Å². The summed E-state index contributed by atoms with van der Waals surface area (Å²) in [4.78, 5) is 37.1. The van der Waals surface area contributed by atoms with E-state index in [0.29, 0.717) is 5.65 Å². The Kier molecular flexibility index (Phi) is 17.2. The predicted octanol–water partition coefficient (Wildman–Crippen LogP) is 7.23. The van der Waals surface area contributed by atoms with E-state index in [0.717, 1.165) is 40.0 Å². The van der Waals surface area contributed by atoms with Gasteiger partial charge in [0.15, 0.2) is 10.8 Å². The predicted molar refractivity (Wildman–Crippen MR) is 160 cm³/mol. The zero-order chi connectivity index (χ0) is 28.3. The van der Waals surface area contributed by atoms with Crippen molar-refractivity contribution in [2.24, 2.45) is 0 Å². The largest absolute Gasteiger partial charge is 0.463 e. The standard InChI is InChI=1S/C28H47N5O4S2/c1-5-7-9-11-13-15-19-38-26-24-25(31-27(32-26)29-22(3)34)33(21-36-17-18-37-23(4)35)28(30-24)39-20-16-14-12-10-8-6-2/h5-21H2,1-4H3,(H,29,31,32,34). The number of unbranched alkanes of at least 4 members (excludes halogenated alkanes) is 10. The maximum Gasteiger partial charge on any atom is 0.302 e. The third kappa shape index (κ3) is 13.4. The third-order valence-electron chi connectivity index (χ3n) is 6.03. The highest BCUT2D eigenvalue weighted by molar-refractivity contribution is 7.99. The second kappa shape index (κ2) is 20.1. The molecule has 2 aromatic rings. The molecule has 0 saturated heterocycles. The molecule has 220 valence electrons. The second-order valence-corrected chi connectivity index (χ2v) is 11.8. The summed E-state index contributed by atoms with van der Waals surface area (Å²) in [5, 5.41) is 4.34. The normalized spacial score (nSPS) is 11.3. The molecular formula is C28H47N5O4S2. The highest BCUT2D eigenvalue weighted by Gasteiger charge is 2.19. The highest BCUT2D eigenvalue weighted by atomic mass is 32.2. The van der Waals surface area contributed by atoms with Crippen molar-refractivity contribution in [3.8, 4) is 0 Å². The monoisotopic (exact) mass is 581 g/mol. The summed E-state index contributed by atoms with van der Waals surface area (Å²) < 4.78 is 12.8. The number of carbonyl (C=O) groups excluding carboxylic acids is 2. The van der Waals surface area contributed by atoms with Gasteiger partial charge >= 0.3 is 5.97 Å². The molecule has 0 aliphatic rings. The topological polar surface area (TPSA) is 108 Å². The van der Waals surface area contributed by atoms with Gasteiger partial charge in [-0.3, -0.25) is 19.5 Å². The number of nitrogens with zero attached hydrogens (tertiary/aromatic N) is 4. The Morgan fingerprint density at radius 2 is 1.41 bits per heavy atom. The Hall–Kier alpha value is -1.85. The molecule has 39 heavy (non-hydrogen) atoms. The fourth-order valence-corrected chi connectivity index (χ4v) is 5.94. The number of hydrogen-bond acceptors (Lipinski definition) is 9. The lowest BCUT2D eigenvalue weighted by molar-refractivity contribution is -0.142. The number of ether oxygens (including phenoxy) is 2. The molecule has 0 aliphatic heterocycles. The van der Waals surface area contributed by atoms with Gasteiger partial charge in [0.25, 0.3) is 0 Å². The molecule has 1 N–H and O–H groups in total. The number of fused-ring (bicyclic) bond motifs is 1. The van der Waals surface area contributed by atoms with Crippen molar-refractivity contribution in [3.05, 3.63) is 0 Å². The molecule has 0 bridgehead atoms. The first-order valence-electron chi connectivity index (χ1n) is 14.5. The van der Waals surface area contributed by atoms with Crippen molar-refractivity contribution in [1.29, 1.82) is 0 Å². The van der Waals surface area contributed by atoms with E-state index in [1.807, 2.05) is 4.57 Å². The number of esters is 1. The fourth-order valence-electron chi connectivity index (χ4n) is 3.99. The molecule has 2 aromatic heterocycles. The number of hydrogen-bond donors (Lipinski definition) is 1. The van der Waals surface area contributed by atoms with Crippen molar-refractivity contribution in [3.63, 3.8) is 0 Å². The summed E-state index contributed by atoms with van der Waals surface area (Å²) in [6.45, 7) is 7.97. The molecule has 0 saturated carbocycles. The van der Waals surface area contributed by atoms with Crippen LogP contribution in [0.3, 0.4) is 0 Å². The first-order valence-corrected chi connectivity index (χ1v) is 16.5. The summed E-state index contributed by atoms with van der Waals surface area (Å²) in [5.74, 6) is 1.61. The summed E-state index contributed by atoms with van der Waals surface area (Å²) in [6, 6.07) is 0. The maximum absolute atomic E-state index is 11.8. The minimum Gasteiger partial charge on any atom is -0.463 e. The smallest absolute Gasteiger partial charge is 0.302 e. The molecule has 1 amide bonds. The van der Waals surface area contributed by atoms with Gasteiger partial charge in [-0.05, 0) is 18.6 Å². The van der Waals surface area contributed by atoms with Crippen LogP contribution in [-0.4, -0.2) is 56.1 Å². The van der Waals surface area contributed by atoms with Crippen molar-refractivity contribution in [2.45, 2.75) is 122 Å². The molecule has 0 aromatic carbocycles. The van der Waals surface area contributed by atoms with Crippen molar-refractivity contribution < 1.29 is 19.1 Å². The lowest BCUT2D eigenvalue weighted by Gasteiger charge is -2.10. The maximum atomic E-state index is 11.8. The van der Waals surface area contributed by atoms with Crippen LogP contribution in [0.2, 0.25) is 0 Å². The van der Waals surface area contributed by atoms with Crippen LogP contribution >= 0.6 is 23.5 Å². The van der Waals surface area contributed by atoms with Crippen LogP contribution in [0.4, 0.5) is 5.95 Å². The second-order valence-electron chi connectivity index (χ2n) is 9.64. The quantitative estimate of drug-likeness (QED) is 0.0666. The van der Waals surface area contributed by atoms with E-state index in [1.54, 1.807) is 23.5 Å². The third-order valence-corrected chi connectivity index (χ3v) is 8.15. The lowest BCUT2D eigenvalue weighted by atomic mass is 10.1. The number of nitrogens with one attached hydrogen (secondary N) is 1. The SMILES string of the molecule is CCCCCCCCSc1nc(NC(C)=O)nc2c1nc(SCCCCCCCC)n2COCCOC(C)=O. The van der Waals surface area contributed by atoms with E-state index < -0.39 is 0 Å². The van der Waals surface area contributed by atoms with Gasteiger partial charge in [-0.25, -0.2) is 9.97 Å². The zero-order valence-electron chi connectivity index (χ0n) is 24.3. The Morgan fingerprint density at radius 1 is 0.795 bits per heavy atom. The number of imidazole rings is 1. The number of thioether (sulfide) groups is 2. The Labute approximate surface area is 242 Å². The number of amides is 1. The Bertz CT molecular complexity index is 1000. The van der Waals surface area contributed by atoms with Crippen LogP contribution < -0.4 is 5.32 Å². The van der Waals surface area contributed by atoms with Crippen molar-refractivity contribution in [1.82, 2.24) is 19.5 Å². The van der Waals surface area contributed by atoms with Gasteiger partial charge in [0.05, 0.1) is 6.61 Å². The number of anilines is 1. The van der Waals surface area contributed by atoms with Gasteiger partial charge in [0, 0.05) is 19.6 Å². The Morgan fingerprint density at radius 3 is 2.03 bits per heavy atom. The minimum atomic E-state index is -0.332. The van der Waals surface area contributed by atoms with E-state index in [9.17, 15) is 9.59 Å². The van der Waals surface area contributed by atoms with Crippen LogP contribution in [0.1, 0.15) is 105 Å². The molecule has 2 rings (SSSR count).